The summed E-state index contributed by atoms with van der Waals surface area (Å²) in [7, 11) is -9.51. The highest BCUT2D eigenvalue weighted by atomic mass is 35.5. The predicted molar refractivity (Wildman–Crippen MR) is 124 cm³/mol. The third-order valence-corrected chi connectivity index (χ3v) is 9.85. The fourth-order valence-corrected chi connectivity index (χ4v) is 7.21. The molecule has 2 aromatic heterocycles. The standard InChI is InChI=1S/C19H25ClN4O9P2/c20-14-12(7-21)23-18-11(15(14)22-10-3-1-2-4-10)5-6-24(18)19-17(26)16(25)13(33-19)8-32-35(30,31)9-34(27,28)29/h5-6,10,13,16-17,19,25-26H,1-4,8-9H2,(H,22,23)(H,30,31)(H2,27,28,29)/t13-,16-,17-,19-/m1/s1. The van der Waals surface area contributed by atoms with Gasteiger partial charge in [-0.3, -0.25) is 9.13 Å². The number of pyridine rings is 1. The van der Waals surface area contributed by atoms with Crippen LogP contribution in [0.5, 0.6) is 0 Å². The van der Waals surface area contributed by atoms with Crippen LogP contribution in [0.4, 0.5) is 5.69 Å². The number of aliphatic hydroxyl groups excluding tert-OH is 2. The van der Waals surface area contributed by atoms with Crippen molar-refractivity contribution >= 4 is 43.5 Å². The zero-order valence-corrected chi connectivity index (χ0v) is 20.8. The van der Waals surface area contributed by atoms with Crippen LogP contribution in [0.25, 0.3) is 11.0 Å². The highest BCUT2D eigenvalue weighted by Gasteiger charge is 2.45. The molecule has 5 atom stereocenters. The Hall–Kier alpha value is -1.55. The van der Waals surface area contributed by atoms with Crippen molar-refractivity contribution < 1.29 is 43.3 Å². The smallest absolute Gasteiger partial charge is 0.340 e. The largest absolute Gasteiger partial charge is 0.387 e. The summed E-state index contributed by atoms with van der Waals surface area (Å²) in [5, 5.41) is 34.7. The minimum Gasteiger partial charge on any atom is -0.387 e. The number of nitrogens with zero attached hydrogens (tertiary/aromatic N) is 3. The molecule has 192 valence electrons. The Balaban J connectivity index is 1.60. The maximum absolute atomic E-state index is 11.9. The molecule has 13 nitrogen and oxygen atoms in total. The van der Waals surface area contributed by atoms with E-state index in [1.54, 1.807) is 12.3 Å². The van der Waals surface area contributed by atoms with E-state index in [2.05, 4.69) is 10.3 Å². The maximum atomic E-state index is 11.9. The van der Waals surface area contributed by atoms with Gasteiger partial charge in [0.25, 0.3) is 0 Å². The van der Waals surface area contributed by atoms with Gasteiger partial charge in [0.2, 0.25) is 0 Å². The second-order valence-corrected chi connectivity index (χ2v) is 13.0. The van der Waals surface area contributed by atoms with Gasteiger partial charge in [-0.2, -0.15) is 5.26 Å². The lowest BCUT2D eigenvalue weighted by atomic mass is 10.1. The van der Waals surface area contributed by atoms with Crippen LogP contribution in [0, 0.1) is 11.3 Å². The van der Waals surface area contributed by atoms with Gasteiger partial charge in [-0.15, -0.1) is 0 Å². The molecule has 0 radical (unpaired) electrons. The molecule has 1 aliphatic heterocycles. The number of halogens is 1. The van der Waals surface area contributed by atoms with Crippen molar-refractivity contribution in [1.82, 2.24) is 9.55 Å². The van der Waals surface area contributed by atoms with Crippen LogP contribution in [0.15, 0.2) is 12.3 Å². The van der Waals surface area contributed by atoms with Crippen LogP contribution >= 0.6 is 26.8 Å². The molecule has 6 N–H and O–H groups in total. The zero-order valence-electron chi connectivity index (χ0n) is 18.3. The van der Waals surface area contributed by atoms with Crippen molar-refractivity contribution in [1.29, 1.82) is 5.26 Å². The minimum absolute atomic E-state index is 0.0359. The van der Waals surface area contributed by atoms with Crippen LogP contribution in [-0.2, 0) is 18.4 Å². The molecule has 0 amide bonds. The second kappa shape index (κ2) is 10.1. The maximum Gasteiger partial charge on any atom is 0.340 e. The lowest BCUT2D eigenvalue weighted by Gasteiger charge is -2.20. The SMILES string of the molecule is N#Cc1nc2c(ccn2[C@@H]2O[C@H](COP(=O)(O)CP(=O)(O)O)[C@@H](O)[C@H]2O)c(NC2CCCC2)c1Cl. The van der Waals surface area contributed by atoms with E-state index in [-0.39, 0.29) is 22.4 Å². The van der Waals surface area contributed by atoms with Gasteiger partial charge in [0.1, 0.15) is 35.1 Å². The Kier molecular flexibility index (Phi) is 7.63. The van der Waals surface area contributed by atoms with E-state index in [4.69, 9.17) is 30.6 Å². The molecule has 16 heteroatoms. The number of aliphatic hydroxyl groups is 2. The van der Waals surface area contributed by atoms with Gasteiger partial charge in [0, 0.05) is 17.6 Å². The molecule has 2 aromatic rings. The van der Waals surface area contributed by atoms with Crippen molar-refractivity contribution in [2.75, 3.05) is 17.8 Å². The van der Waals surface area contributed by atoms with Crippen molar-refractivity contribution in [2.24, 2.45) is 0 Å². The van der Waals surface area contributed by atoms with Gasteiger partial charge in [0.05, 0.1) is 12.3 Å². The Morgan fingerprint density at radius 1 is 1.26 bits per heavy atom. The topological polar surface area (TPSA) is 207 Å². The summed E-state index contributed by atoms with van der Waals surface area (Å²) in [5.74, 6) is -1.39. The van der Waals surface area contributed by atoms with Crippen molar-refractivity contribution in [3.8, 4) is 6.07 Å². The number of nitrogens with one attached hydrogen (secondary N) is 1. The molecule has 2 fully saturated rings. The van der Waals surface area contributed by atoms with E-state index in [0.717, 1.165) is 25.7 Å². The molecule has 0 bridgehead atoms. The van der Waals surface area contributed by atoms with E-state index in [1.165, 1.54) is 4.57 Å². The fraction of sp³-hybridized carbons (Fsp3) is 0.579. The van der Waals surface area contributed by atoms with Crippen LogP contribution in [0.2, 0.25) is 5.02 Å². The van der Waals surface area contributed by atoms with Gasteiger partial charge < -0.3 is 44.0 Å². The average Bonchev–Trinajstić information content (AvgIpc) is 3.48. The molecule has 4 rings (SSSR count). The van der Waals surface area contributed by atoms with E-state index < -0.39 is 52.2 Å². The first-order valence-electron chi connectivity index (χ1n) is 10.8. The van der Waals surface area contributed by atoms with E-state index >= 15 is 0 Å². The number of hydrogen-bond donors (Lipinski definition) is 6. The number of anilines is 1. The van der Waals surface area contributed by atoms with Crippen LogP contribution in [-0.4, -0.2) is 71.3 Å². The second-order valence-electron chi connectivity index (χ2n) is 8.63. The molecule has 1 unspecified atom stereocenters. The highest BCUT2D eigenvalue weighted by Crippen LogP contribution is 2.55. The number of rotatable bonds is 8. The molecule has 3 heterocycles. The number of hydrogen-bond acceptors (Lipinski definition) is 9. The Morgan fingerprint density at radius 3 is 2.57 bits per heavy atom. The van der Waals surface area contributed by atoms with Gasteiger partial charge >= 0.3 is 15.2 Å². The zero-order chi connectivity index (χ0) is 25.5. The Morgan fingerprint density at radius 2 is 1.94 bits per heavy atom. The normalized spacial score (nSPS) is 27.2. The van der Waals surface area contributed by atoms with Gasteiger partial charge in [-0.1, -0.05) is 24.4 Å². The van der Waals surface area contributed by atoms with Gasteiger partial charge in [-0.25, -0.2) is 4.98 Å². The summed E-state index contributed by atoms with van der Waals surface area (Å²) >= 11 is 6.44. The minimum atomic E-state index is -4.83. The van der Waals surface area contributed by atoms with E-state index in [9.17, 15) is 29.5 Å². The van der Waals surface area contributed by atoms with Gasteiger partial charge in [-0.05, 0) is 18.9 Å². The Labute approximate surface area is 204 Å². The number of nitriles is 1. The third-order valence-electron chi connectivity index (χ3n) is 6.03. The quantitative estimate of drug-likeness (QED) is 0.260. The molecule has 35 heavy (non-hydrogen) atoms. The molecule has 1 aliphatic carbocycles. The molecule has 1 saturated heterocycles. The molecule has 0 aromatic carbocycles. The molecular weight excluding hydrogens is 526 g/mol. The molecule has 2 aliphatic rings. The first-order chi connectivity index (χ1) is 16.4. The third kappa shape index (κ3) is 5.73. The van der Waals surface area contributed by atoms with E-state index in [1.807, 2.05) is 6.07 Å². The van der Waals surface area contributed by atoms with Crippen LogP contribution in [0.3, 0.4) is 0 Å². The average molecular weight is 551 g/mol. The summed E-state index contributed by atoms with van der Waals surface area (Å²) in [6, 6.07) is 3.82. The van der Waals surface area contributed by atoms with Gasteiger partial charge in [0.15, 0.2) is 17.8 Å². The number of fused-ring (bicyclic) bond motifs is 1. The lowest BCUT2D eigenvalue weighted by Crippen LogP contribution is -2.33. The van der Waals surface area contributed by atoms with E-state index in [0.29, 0.717) is 11.1 Å². The Bertz CT molecular complexity index is 1240. The van der Waals surface area contributed by atoms with Crippen LogP contribution in [0.1, 0.15) is 37.6 Å². The molecular formula is C19H25ClN4O9P2. The predicted octanol–water partition coefficient (Wildman–Crippen LogP) is 1.87. The lowest BCUT2D eigenvalue weighted by molar-refractivity contribution is -0.0481. The fourth-order valence-electron chi connectivity index (χ4n) is 4.40. The first kappa shape index (κ1) is 26.5. The summed E-state index contributed by atoms with van der Waals surface area (Å²) in [5.41, 5.74) is 0.759. The first-order valence-corrected chi connectivity index (χ1v) is 14.7. The van der Waals surface area contributed by atoms with Crippen molar-refractivity contribution in [3.63, 3.8) is 0 Å². The van der Waals surface area contributed by atoms with Crippen molar-refractivity contribution in [2.45, 2.75) is 56.3 Å². The summed E-state index contributed by atoms with van der Waals surface area (Å²) in [6.07, 6.45) is 0.0694. The summed E-state index contributed by atoms with van der Waals surface area (Å²) in [4.78, 5) is 31.8. The highest BCUT2D eigenvalue weighted by molar-refractivity contribution is 7.70. The summed E-state index contributed by atoms with van der Waals surface area (Å²) in [6.45, 7) is -0.709. The molecule has 1 saturated carbocycles. The van der Waals surface area contributed by atoms with Crippen LogP contribution < -0.4 is 5.32 Å². The van der Waals surface area contributed by atoms with Crippen molar-refractivity contribution in [3.05, 3.63) is 23.0 Å². The molecule has 0 spiro atoms. The number of aromatic nitrogens is 2. The monoisotopic (exact) mass is 550 g/mol. The number of ether oxygens (including phenoxy) is 1. The summed E-state index contributed by atoms with van der Waals surface area (Å²) < 4.78 is 34.8.